The summed E-state index contributed by atoms with van der Waals surface area (Å²) in [4.78, 5) is 24.2. The monoisotopic (exact) mass is 448 g/mol. The number of hydrogen-bond acceptors (Lipinski definition) is 7. The number of ether oxygens (including phenoxy) is 4. The van der Waals surface area contributed by atoms with Crippen LogP contribution in [0, 0.1) is 0 Å². The van der Waals surface area contributed by atoms with Crippen LogP contribution in [0.3, 0.4) is 0 Å². The Hall–Kier alpha value is -4.33. The van der Waals surface area contributed by atoms with Gasteiger partial charge in [-0.15, -0.1) is 0 Å². The summed E-state index contributed by atoms with van der Waals surface area (Å²) in [5.74, 6) is 0.755. The number of hydrogen-bond donors (Lipinski definition) is 1. The van der Waals surface area contributed by atoms with Crippen molar-refractivity contribution in [2.75, 3.05) is 13.7 Å². The minimum atomic E-state index is -0.676. The molecule has 0 saturated heterocycles. The number of benzene rings is 3. The van der Waals surface area contributed by atoms with Gasteiger partial charge in [0.1, 0.15) is 12.4 Å². The van der Waals surface area contributed by atoms with Crippen molar-refractivity contribution in [2.45, 2.75) is 13.5 Å². The van der Waals surface area contributed by atoms with Crippen molar-refractivity contribution in [3.63, 3.8) is 0 Å². The first-order valence-corrected chi connectivity index (χ1v) is 10.2. The molecule has 0 aliphatic heterocycles. The quantitative estimate of drug-likeness (QED) is 0.223. The third kappa shape index (κ3) is 7.10. The van der Waals surface area contributed by atoms with E-state index in [9.17, 15) is 9.59 Å². The largest absolute Gasteiger partial charge is 0.497 e. The van der Waals surface area contributed by atoms with Crippen LogP contribution in [0.4, 0.5) is 4.79 Å². The molecule has 0 aliphatic rings. The highest BCUT2D eigenvalue weighted by Gasteiger charge is 2.13. The lowest BCUT2D eigenvalue weighted by molar-refractivity contribution is 0.0728. The van der Waals surface area contributed by atoms with E-state index in [1.807, 2.05) is 37.3 Å². The van der Waals surface area contributed by atoms with Crippen LogP contribution < -0.4 is 19.6 Å². The SMILES string of the molecule is CCOc1cc(/C=N/NC(=O)OCc2ccccc2)ccc1OC(=O)c1ccc(OC)cc1. The summed E-state index contributed by atoms with van der Waals surface area (Å²) >= 11 is 0. The maximum Gasteiger partial charge on any atom is 0.428 e. The van der Waals surface area contributed by atoms with Crippen molar-refractivity contribution >= 4 is 18.3 Å². The van der Waals surface area contributed by atoms with Crippen molar-refractivity contribution < 1.29 is 28.5 Å². The Bertz CT molecular complexity index is 1100. The highest BCUT2D eigenvalue weighted by molar-refractivity contribution is 5.91. The molecule has 1 N–H and O–H groups in total. The normalized spacial score (nSPS) is 10.5. The first-order chi connectivity index (χ1) is 16.1. The number of nitrogens with one attached hydrogen (secondary N) is 1. The third-order valence-corrected chi connectivity index (χ3v) is 4.38. The molecule has 0 saturated carbocycles. The van der Waals surface area contributed by atoms with Crippen LogP contribution in [0.25, 0.3) is 0 Å². The van der Waals surface area contributed by atoms with Crippen LogP contribution >= 0.6 is 0 Å². The van der Waals surface area contributed by atoms with Crippen molar-refractivity contribution in [1.82, 2.24) is 5.43 Å². The van der Waals surface area contributed by atoms with Gasteiger partial charge in [-0.05, 0) is 60.5 Å². The topological polar surface area (TPSA) is 95.5 Å². The van der Waals surface area contributed by atoms with E-state index in [1.165, 1.54) is 6.21 Å². The van der Waals surface area contributed by atoms with E-state index >= 15 is 0 Å². The fourth-order valence-electron chi connectivity index (χ4n) is 2.76. The standard InChI is InChI=1S/C25H24N2O6/c1-3-31-23-15-19(16-26-27-25(29)32-17-18-7-5-4-6-8-18)9-14-22(23)33-24(28)20-10-12-21(30-2)13-11-20/h4-16H,3,17H2,1-2H3,(H,27,29)/b26-16+. The fraction of sp³-hybridized carbons (Fsp3) is 0.160. The Morgan fingerprint density at radius 2 is 1.73 bits per heavy atom. The minimum absolute atomic E-state index is 0.144. The Balaban J connectivity index is 1.60. The van der Waals surface area contributed by atoms with E-state index in [0.717, 1.165) is 5.56 Å². The Labute approximate surface area is 191 Å². The van der Waals surface area contributed by atoms with Crippen molar-refractivity contribution in [1.29, 1.82) is 0 Å². The number of methoxy groups -OCH3 is 1. The predicted molar refractivity (Wildman–Crippen MR) is 123 cm³/mol. The molecule has 0 unspecified atom stereocenters. The molecule has 3 rings (SSSR count). The summed E-state index contributed by atoms with van der Waals surface area (Å²) < 4.78 is 21.3. The van der Waals surface area contributed by atoms with Crippen molar-refractivity contribution in [2.24, 2.45) is 5.10 Å². The minimum Gasteiger partial charge on any atom is -0.497 e. The molecule has 0 aliphatic carbocycles. The molecule has 0 atom stereocenters. The highest BCUT2D eigenvalue weighted by atomic mass is 16.6. The van der Waals surface area contributed by atoms with Gasteiger partial charge in [-0.1, -0.05) is 30.3 Å². The second kappa shape index (κ2) is 11.9. The Morgan fingerprint density at radius 1 is 0.970 bits per heavy atom. The van der Waals surface area contributed by atoms with Gasteiger partial charge in [0.25, 0.3) is 0 Å². The van der Waals surface area contributed by atoms with Crippen LogP contribution in [0.2, 0.25) is 0 Å². The van der Waals surface area contributed by atoms with E-state index in [4.69, 9.17) is 18.9 Å². The van der Waals surface area contributed by atoms with Gasteiger partial charge in [0.15, 0.2) is 11.5 Å². The summed E-state index contributed by atoms with van der Waals surface area (Å²) in [6.45, 7) is 2.34. The summed E-state index contributed by atoms with van der Waals surface area (Å²) in [7, 11) is 1.55. The van der Waals surface area contributed by atoms with Gasteiger partial charge in [-0.2, -0.15) is 5.10 Å². The van der Waals surface area contributed by atoms with Gasteiger partial charge in [-0.25, -0.2) is 15.0 Å². The average Bonchev–Trinajstić information content (AvgIpc) is 2.85. The Morgan fingerprint density at radius 3 is 2.42 bits per heavy atom. The lowest BCUT2D eigenvalue weighted by Gasteiger charge is -2.11. The van der Waals surface area contributed by atoms with Crippen LogP contribution in [-0.2, 0) is 11.3 Å². The zero-order valence-corrected chi connectivity index (χ0v) is 18.3. The molecule has 0 heterocycles. The molecule has 0 fully saturated rings. The Kier molecular flexibility index (Phi) is 8.41. The summed E-state index contributed by atoms with van der Waals surface area (Å²) in [6, 6.07) is 20.8. The van der Waals surface area contributed by atoms with Gasteiger partial charge in [-0.3, -0.25) is 0 Å². The molecule has 1 amide bonds. The molecule has 3 aromatic rings. The number of rotatable bonds is 9. The van der Waals surface area contributed by atoms with Gasteiger partial charge in [0, 0.05) is 0 Å². The first kappa shape index (κ1) is 23.3. The van der Waals surface area contributed by atoms with Gasteiger partial charge < -0.3 is 18.9 Å². The summed E-state index contributed by atoms with van der Waals surface area (Å²) in [5.41, 5.74) is 4.18. The molecule has 8 nitrogen and oxygen atoms in total. The molecule has 170 valence electrons. The van der Waals surface area contributed by atoms with E-state index in [-0.39, 0.29) is 12.4 Å². The number of carbonyl (C=O) groups excluding carboxylic acids is 2. The van der Waals surface area contributed by atoms with Crippen molar-refractivity contribution in [3.05, 3.63) is 89.5 Å². The maximum absolute atomic E-state index is 12.5. The smallest absolute Gasteiger partial charge is 0.428 e. The van der Waals surface area contributed by atoms with Crippen LogP contribution in [-0.4, -0.2) is 32.0 Å². The number of hydrazone groups is 1. The fourth-order valence-corrected chi connectivity index (χ4v) is 2.76. The lowest BCUT2D eigenvalue weighted by Crippen LogP contribution is -2.18. The molecular formula is C25H24N2O6. The second-order valence-corrected chi connectivity index (χ2v) is 6.69. The zero-order chi connectivity index (χ0) is 23.5. The zero-order valence-electron chi connectivity index (χ0n) is 18.3. The van der Waals surface area contributed by atoms with Crippen molar-refractivity contribution in [3.8, 4) is 17.2 Å². The molecule has 3 aromatic carbocycles. The average molecular weight is 448 g/mol. The second-order valence-electron chi connectivity index (χ2n) is 6.69. The van der Waals surface area contributed by atoms with Gasteiger partial charge in [0.2, 0.25) is 0 Å². The maximum atomic E-state index is 12.5. The first-order valence-electron chi connectivity index (χ1n) is 10.2. The molecule has 8 heteroatoms. The van der Waals surface area contributed by atoms with E-state index < -0.39 is 12.1 Å². The van der Waals surface area contributed by atoms with E-state index in [0.29, 0.717) is 29.2 Å². The number of esters is 1. The summed E-state index contributed by atoms with van der Waals surface area (Å²) in [6.07, 6.45) is 0.756. The molecule has 0 spiro atoms. The van der Waals surface area contributed by atoms with Gasteiger partial charge in [0.05, 0.1) is 25.5 Å². The number of carbonyl (C=O) groups is 2. The van der Waals surface area contributed by atoms with E-state index in [1.54, 1.807) is 49.6 Å². The molecule has 0 aromatic heterocycles. The molecular weight excluding hydrogens is 424 g/mol. The van der Waals surface area contributed by atoms with E-state index in [2.05, 4.69) is 10.5 Å². The van der Waals surface area contributed by atoms with Crippen LogP contribution in [0.1, 0.15) is 28.4 Å². The molecule has 0 bridgehead atoms. The highest BCUT2D eigenvalue weighted by Crippen LogP contribution is 2.29. The van der Waals surface area contributed by atoms with Crippen LogP contribution in [0.5, 0.6) is 17.2 Å². The molecule has 0 radical (unpaired) electrons. The number of nitrogens with zero attached hydrogens (tertiary/aromatic N) is 1. The third-order valence-electron chi connectivity index (χ3n) is 4.38. The summed E-state index contributed by atoms with van der Waals surface area (Å²) in [5, 5.41) is 3.88. The molecule has 33 heavy (non-hydrogen) atoms. The predicted octanol–water partition coefficient (Wildman–Crippen LogP) is 4.57. The number of amides is 1. The lowest BCUT2D eigenvalue weighted by atomic mass is 10.2. The van der Waals surface area contributed by atoms with Crippen LogP contribution in [0.15, 0.2) is 77.9 Å². The van der Waals surface area contributed by atoms with Gasteiger partial charge >= 0.3 is 12.1 Å².